The predicted molar refractivity (Wildman–Crippen MR) is 74.1 cm³/mol. The highest BCUT2D eigenvalue weighted by Crippen LogP contribution is 2.24. The van der Waals surface area contributed by atoms with E-state index in [9.17, 15) is 17.6 Å². The van der Waals surface area contributed by atoms with Gasteiger partial charge in [0.05, 0.1) is 13.7 Å². The third-order valence-corrected chi connectivity index (χ3v) is 3.45. The molecule has 2 N–H and O–H groups in total. The molecular weight excluding hydrogens is 358 g/mol. The van der Waals surface area contributed by atoms with Crippen LogP contribution in [0.2, 0.25) is 0 Å². The Balaban J connectivity index is 2.49. The second kappa shape index (κ2) is 7.95. The van der Waals surface area contributed by atoms with Gasteiger partial charge in [-0.3, -0.25) is 0 Å². The molecule has 3 nitrogen and oxygen atoms in total. The van der Waals surface area contributed by atoms with Gasteiger partial charge in [-0.25, -0.2) is 8.78 Å². The van der Waals surface area contributed by atoms with E-state index in [4.69, 9.17) is 10.5 Å². The third kappa shape index (κ3) is 5.80. The summed E-state index contributed by atoms with van der Waals surface area (Å²) in [5.74, 6) is -3.53. The minimum Gasteiger partial charge on any atom is -0.497 e. The van der Waals surface area contributed by atoms with Crippen LogP contribution in [0.15, 0.2) is 22.7 Å². The smallest absolute Gasteiger partial charge is 0.330 e. The lowest BCUT2D eigenvalue weighted by Crippen LogP contribution is -2.36. The highest BCUT2D eigenvalue weighted by molar-refractivity contribution is 9.10. The number of halogens is 5. The lowest BCUT2D eigenvalue weighted by molar-refractivity contribution is -0.166. The molecule has 1 atom stereocenters. The molecule has 0 spiro atoms. The molecule has 0 amide bonds. The number of methoxy groups -OCH3 is 1. The first-order valence-corrected chi connectivity index (χ1v) is 6.87. The normalized spacial score (nSPS) is 13.5. The Bertz CT molecular complexity index is 460. The van der Waals surface area contributed by atoms with E-state index in [2.05, 4.69) is 20.7 Å². The van der Waals surface area contributed by atoms with Crippen molar-refractivity contribution in [3.8, 4) is 5.75 Å². The maximum Gasteiger partial charge on any atom is 0.330 e. The van der Waals surface area contributed by atoms with Gasteiger partial charge in [0.2, 0.25) is 0 Å². The van der Waals surface area contributed by atoms with Crippen molar-refractivity contribution < 1.29 is 27.0 Å². The first-order chi connectivity index (χ1) is 9.76. The highest BCUT2D eigenvalue weighted by atomic mass is 79.9. The van der Waals surface area contributed by atoms with Gasteiger partial charge < -0.3 is 15.2 Å². The summed E-state index contributed by atoms with van der Waals surface area (Å²) >= 11 is 3.34. The minimum absolute atomic E-state index is 0.244. The molecule has 0 bridgehead atoms. The van der Waals surface area contributed by atoms with E-state index in [1.54, 1.807) is 18.2 Å². The number of benzene rings is 1. The molecule has 0 saturated heterocycles. The van der Waals surface area contributed by atoms with E-state index in [-0.39, 0.29) is 6.61 Å². The average Bonchev–Trinajstić information content (AvgIpc) is 2.40. The van der Waals surface area contributed by atoms with Gasteiger partial charge in [0.15, 0.2) is 0 Å². The number of hydrogen-bond acceptors (Lipinski definition) is 3. The Morgan fingerprint density at radius 1 is 1.33 bits per heavy atom. The molecule has 21 heavy (non-hydrogen) atoms. The van der Waals surface area contributed by atoms with Crippen LogP contribution in [-0.4, -0.2) is 38.7 Å². The molecule has 1 aromatic rings. The molecule has 1 aromatic carbocycles. The number of nitrogens with two attached hydrogens (primary N) is 1. The van der Waals surface area contributed by atoms with E-state index >= 15 is 0 Å². The van der Waals surface area contributed by atoms with Crippen LogP contribution in [0, 0.1) is 0 Å². The van der Waals surface area contributed by atoms with Crippen molar-refractivity contribution in [1.82, 2.24) is 0 Å². The van der Waals surface area contributed by atoms with Crippen LogP contribution < -0.4 is 10.5 Å². The SMILES string of the molecule is COc1ccc(Br)c(CC(N)COCC(F)(F)C(F)F)c1. The Morgan fingerprint density at radius 2 is 2.00 bits per heavy atom. The van der Waals surface area contributed by atoms with Crippen LogP contribution in [-0.2, 0) is 11.2 Å². The van der Waals surface area contributed by atoms with Crippen LogP contribution in [0.3, 0.4) is 0 Å². The second-order valence-corrected chi connectivity index (χ2v) is 5.35. The van der Waals surface area contributed by atoms with Crippen LogP contribution in [0.25, 0.3) is 0 Å². The summed E-state index contributed by atoms with van der Waals surface area (Å²) in [7, 11) is 1.52. The number of alkyl halides is 4. The zero-order valence-electron chi connectivity index (χ0n) is 11.3. The van der Waals surface area contributed by atoms with Gasteiger partial charge in [-0.1, -0.05) is 15.9 Å². The molecule has 0 fully saturated rings. The highest BCUT2D eigenvalue weighted by Gasteiger charge is 2.41. The van der Waals surface area contributed by atoms with Gasteiger partial charge in [-0.05, 0) is 30.2 Å². The maximum atomic E-state index is 12.6. The quantitative estimate of drug-likeness (QED) is 0.711. The average molecular weight is 374 g/mol. The summed E-state index contributed by atoms with van der Waals surface area (Å²) in [5.41, 5.74) is 6.56. The fourth-order valence-electron chi connectivity index (χ4n) is 1.59. The van der Waals surface area contributed by atoms with Gasteiger partial charge in [0.25, 0.3) is 0 Å². The Labute approximate surface area is 128 Å². The van der Waals surface area contributed by atoms with Crippen molar-refractivity contribution in [3.63, 3.8) is 0 Å². The number of hydrogen-bond donors (Lipinski definition) is 1. The summed E-state index contributed by atoms with van der Waals surface area (Å²) in [6.07, 6.45) is -3.42. The predicted octanol–water partition coefficient (Wildman–Crippen LogP) is 3.24. The Kier molecular flexibility index (Phi) is 6.89. The molecule has 0 aliphatic carbocycles. The molecule has 0 aliphatic rings. The van der Waals surface area contributed by atoms with Gasteiger partial charge >= 0.3 is 12.3 Å². The van der Waals surface area contributed by atoms with E-state index in [0.717, 1.165) is 10.0 Å². The molecule has 0 aromatic heterocycles. The van der Waals surface area contributed by atoms with Crippen molar-refractivity contribution in [3.05, 3.63) is 28.2 Å². The third-order valence-electron chi connectivity index (χ3n) is 2.68. The zero-order valence-corrected chi connectivity index (χ0v) is 12.9. The maximum absolute atomic E-state index is 12.6. The first kappa shape index (κ1) is 18.2. The molecule has 1 unspecified atom stereocenters. The molecule has 120 valence electrons. The van der Waals surface area contributed by atoms with Crippen molar-refractivity contribution >= 4 is 15.9 Å². The Hall–Kier alpha value is -0.860. The van der Waals surface area contributed by atoms with E-state index in [0.29, 0.717) is 12.2 Å². The molecule has 8 heteroatoms. The topological polar surface area (TPSA) is 44.5 Å². The zero-order chi connectivity index (χ0) is 16.0. The number of rotatable bonds is 8. The molecule has 0 aliphatic heterocycles. The minimum atomic E-state index is -4.16. The summed E-state index contributed by atoms with van der Waals surface area (Å²) < 4.78 is 59.6. The fourth-order valence-corrected chi connectivity index (χ4v) is 1.99. The molecular formula is C13H16BrF4NO2. The van der Waals surface area contributed by atoms with E-state index in [1.165, 1.54) is 7.11 Å². The summed E-state index contributed by atoms with van der Waals surface area (Å²) in [5, 5.41) is 0. The van der Waals surface area contributed by atoms with Gasteiger partial charge in [-0.15, -0.1) is 0 Å². The number of ether oxygens (including phenoxy) is 2. The Morgan fingerprint density at radius 3 is 2.57 bits per heavy atom. The van der Waals surface area contributed by atoms with E-state index < -0.39 is 25.0 Å². The molecule has 0 radical (unpaired) electrons. The van der Waals surface area contributed by atoms with Gasteiger partial charge in [0, 0.05) is 10.5 Å². The summed E-state index contributed by atoms with van der Waals surface area (Å²) in [4.78, 5) is 0. The van der Waals surface area contributed by atoms with Crippen LogP contribution in [0.5, 0.6) is 5.75 Å². The lowest BCUT2D eigenvalue weighted by Gasteiger charge is -2.18. The lowest BCUT2D eigenvalue weighted by atomic mass is 10.1. The van der Waals surface area contributed by atoms with Gasteiger partial charge in [0.1, 0.15) is 12.4 Å². The largest absolute Gasteiger partial charge is 0.497 e. The van der Waals surface area contributed by atoms with Crippen molar-refractivity contribution in [2.24, 2.45) is 5.73 Å². The van der Waals surface area contributed by atoms with E-state index in [1.807, 2.05) is 0 Å². The van der Waals surface area contributed by atoms with Crippen LogP contribution >= 0.6 is 15.9 Å². The van der Waals surface area contributed by atoms with Crippen LogP contribution in [0.1, 0.15) is 5.56 Å². The molecule has 1 rings (SSSR count). The standard InChI is InChI=1S/C13H16BrF4NO2/c1-20-10-2-3-11(14)8(5-10)4-9(19)6-21-7-13(17,18)12(15)16/h2-3,5,9,12H,4,6-7,19H2,1H3. The fraction of sp³-hybridized carbons (Fsp3) is 0.538. The molecule has 0 saturated carbocycles. The van der Waals surface area contributed by atoms with Crippen molar-refractivity contribution in [1.29, 1.82) is 0 Å². The summed E-state index contributed by atoms with van der Waals surface area (Å²) in [6, 6.07) is 4.67. The first-order valence-electron chi connectivity index (χ1n) is 6.08. The van der Waals surface area contributed by atoms with Crippen LogP contribution in [0.4, 0.5) is 17.6 Å². The second-order valence-electron chi connectivity index (χ2n) is 4.50. The summed E-state index contributed by atoms with van der Waals surface area (Å²) in [6.45, 7) is -1.59. The van der Waals surface area contributed by atoms with Gasteiger partial charge in [-0.2, -0.15) is 8.78 Å². The molecule has 0 heterocycles. The monoisotopic (exact) mass is 373 g/mol. The van der Waals surface area contributed by atoms with Crippen molar-refractivity contribution in [2.45, 2.75) is 24.8 Å². The van der Waals surface area contributed by atoms with Crippen molar-refractivity contribution in [2.75, 3.05) is 20.3 Å².